The van der Waals surface area contributed by atoms with Gasteiger partial charge in [-0.25, -0.2) is 9.37 Å². The van der Waals surface area contributed by atoms with Crippen LogP contribution in [0.5, 0.6) is 0 Å². The molecule has 0 saturated heterocycles. The number of rotatable bonds is 2. The quantitative estimate of drug-likeness (QED) is 0.548. The van der Waals surface area contributed by atoms with Gasteiger partial charge >= 0.3 is 0 Å². The third kappa shape index (κ3) is 2.34. The molecule has 0 aliphatic rings. The molecule has 1 rings (SSSR count). The molecule has 1 heterocycles. The predicted molar refractivity (Wildman–Crippen MR) is 48.4 cm³/mol. The zero-order chi connectivity index (χ0) is 11.8. The van der Waals surface area contributed by atoms with Gasteiger partial charge in [0.05, 0.1) is 0 Å². The van der Waals surface area contributed by atoms with Crippen LogP contribution in [0.1, 0.15) is 25.1 Å². The Bertz CT molecular complexity index is 407. The number of pyridine rings is 1. The first-order chi connectivity index (χ1) is 6.73. The van der Waals surface area contributed by atoms with E-state index in [-0.39, 0.29) is 11.1 Å². The van der Waals surface area contributed by atoms with Gasteiger partial charge in [-0.15, -0.1) is 0 Å². The summed E-state index contributed by atoms with van der Waals surface area (Å²) in [4.78, 5) is 2.91. The van der Waals surface area contributed by atoms with Gasteiger partial charge < -0.3 is 0 Å². The minimum atomic E-state index is -3.50. The Balaban J connectivity index is 3.39. The maximum Gasteiger partial charge on any atom is 0.289 e. The fourth-order valence-electron chi connectivity index (χ4n) is 1.07. The summed E-state index contributed by atoms with van der Waals surface area (Å²) in [5.74, 6) is -5.87. The van der Waals surface area contributed by atoms with Crippen LogP contribution < -0.4 is 0 Å². The van der Waals surface area contributed by atoms with Crippen molar-refractivity contribution in [1.82, 2.24) is 4.98 Å². The zero-order valence-corrected chi connectivity index (χ0v) is 8.24. The van der Waals surface area contributed by atoms with Gasteiger partial charge in [0.25, 0.3) is 5.92 Å². The van der Waals surface area contributed by atoms with Crippen molar-refractivity contribution in [3.63, 3.8) is 0 Å². The molecular weight excluding hydrogens is 210 g/mol. The first-order valence-corrected chi connectivity index (χ1v) is 4.13. The lowest BCUT2D eigenvalue weighted by atomic mass is 10.1. The summed E-state index contributed by atoms with van der Waals surface area (Å²) in [5.41, 5.74) is -1.16. The molecule has 0 bridgehead atoms. The van der Waals surface area contributed by atoms with Crippen molar-refractivity contribution in [3.8, 4) is 0 Å². The van der Waals surface area contributed by atoms with Crippen molar-refractivity contribution >= 4 is 5.57 Å². The third-order valence-corrected chi connectivity index (χ3v) is 1.81. The molecule has 0 aliphatic heterocycles. The normalized spacial score (nSPS) is 11.6. The molecule has 1 aromatic heterocycles. The number of hydrogen-bond acceptors (Lipinski definition) is 1. The van der Waals surface area contributed by atoms with Gasteiger partial charge in [-0.3, -0.25) is 0 Å². The summed E-state index contributed by atoms with van der Waals surface area (Å²) in [5, 5.41) is 0. The molecular formula is C10H9F4N. The molecule has 15 heavy (non-hydrogen) atoms. The Hall–Kier alpha value is -1.39. The number of halogens is 4. The van der Waals surface area contributed by atoms with Crippen LogP contribution in [0.3, 0.4) is 0 Å². The van der Waals surface area contributed by atoms with Crippen LogP contribution in [0.15, 0.2) is 12.6 Å². The molecule has 0 amide bonds. The van der Waals surface area contributed by atoms with Crippen LogP contribution in [0.25, 0.3) is 5.57 Å². The highest BCUT2D eigenvalue weighted by molar-refractivity contribution is 5.61. The van der Waals surface area contributed by atoms with Crippen LogP contribution >= 0.6 is 0 Å². The second-order valence-electron chi connectivity index (χ2n) is 3.33. The summed E-state index contributed by atoms with van der Waals surface area (Å²) in [7, 11) is 0. The van der Waals surface area contributed by atoms with E-state index in [9.17, 15) is 17.6 Å². The molecule has 0 unspecified atom stereocenters. The van der Waals surface area contributed by atoms with Crippen LogP contribution in [0.4, 0.5) is 17.6 Å². The van der Waals surface area contributed by atoms with Crippen LogP contribution in [-0.2, 0) is 5.92 Å². The number of hydrogen-bond donors (Lipinski definition) is 0. The lowest BCUT2D eigenvalue weighted by molar-refractivity contribution is 0.00786. The van der Waals surface area contributed by atoms with E-state index >= 15 is 0 Å². The predicted octanol–water partition coefficient (Wildman–Crippen LogP) is 3.50. The van der Waals surface area contributed by atoms with Crippen molar-refractivity contribution in [2.75, 3.05) is 0 Å². The molecule has 0 atom stereocenters. The summed E-state index contributed by atoms with van der Waals surface area (Å²) in [6, 6.07) is 0.678. The molecule has 0 aliphatic carbocycles. The second kappa shape index (κ2) is 3.64. The van der Waals surface area contributed by atoms with Crippen molar-refractivity contribution in [3.05, 3.63) is 35.7 Å². The Morgan fingerprint density at radius 3 is 2.33 bits per heavy atom. The van der Waals surface area contributed by atoms with Gasteiger partial charge in [0.1, 0.15) is 5.69 Å². The summed E-state index contributed by atoms with van der Waals surface area (Å²) >= 11 is 0. The first kappa shape index (κ1) is 11.7. The highest BCUT2D eigenvalue weighted by Crippen LogP contribution is 2.29. The van der Waals surface area contributed by atoms with E-state index in [1.807, 2.05) is 0 Å². The van der Waals surface area contributed by atoms with Crippen LogP contribution in [0.2, 0.25) is 0 Å². The second-order valence-corrected chi connectivity index (χ2v) is 3.33. The van der Waals surface area contributed by atoms with Gasteiger partial charge in [-0.1, -0.05) is 6.58 Å². The monoisotopic (exact) mass is 219 g/mol. The molecule has 0 spiro atoms. The summed E-state index contributed by atoms with van der Waals surface area (Å²) in [6.45, 7) is 5.28. The maximum atomic E-state index is 13.1. The molecule has 0 aromatic carbocycles. The molecule has 0 N–H and O–H groups in total. The average molecular weight is 219 g/mol. The van der Waals surface area contributed by atoms with E-state index in [0.717, 1.165) is 0 Å². The van der Waals surface area contributed by atoms with Crippen LogP contribution in [-0.4, -0.2) is 4.98 Å². The zero-order valence-electron chi connectivity index (χ0n) is 8.24. The topological polar surface area (TPSA) is 12.9 Å². The summed E-state index contributed by atoms with van der Waals surface area (Å²) in [6.07, 6.45) is 0. The van der Waals surface area contributed by atoms with Gasteiger partial charge in [0, 0.05) is 12.5 Å². The maximum absolute atomic E-state index is 13.1. The molecule has 1 aromatic rings. The molecule has 1 nitrogen and oxygen atoms in total. The minimum Gasteiger partial charge on any atom is -0.215 e. The lowest BCUT2D eigenvalue weighted by Gasteiger charge is -2.12. The van der Waals surface area contributed by atoms with Gasteiger partial charge in [0.2, 0.25) is 5.95 Å². The highest BCUT2D eigenvalue weighted by Gasteiger charge is 2.31. The lowest BCUT2D eigenvalue weighted by Crippen LogP contribution is -2.14. The van der Waals surface area contributed by atoms with Gasteiger partial charge in [-0.2, -0.15) is 13.2 Å². The molecule has 0 saturated carbocycles. The third-order valence-electron chi connectivity index (χ3n) is 1.81. The van der Waals surface area contributed by atoms with E-state index in [0.29, 0.717) is 13.0 Å². The van der Waals surface area contributed by atoms with Crippen molar-refractivity contribution in [1.29, 1.82) is 0 Å². The Morgan fingerprint density at radius 2 is 1.93 bits per heavy atom. The number of nitrogens with zero attached hydrogens (tertiary/aromatic N) is 1. The Morgan fingerprint density at radius 1 is 1.40 bits per heavy atom. The largest absolute Gasteiger partial charge is 0.289 e. The number of allylic oxidation sites excluding steroid dienone is 1. The number of aromatic nitrogens is 1. The van der Waals surface area contributed by atoms with E-state index in [1.165, 1.54) is 6.92 Å². The molecule has 0 radical (unpaired) electrons. The first-order valence-electron chi connectivity index (χ1n) is 4.13. The average Bonchev–Trinajstić information content (AvgIpc) is 2.06. The Labute approximate surface area is 84.4 Å². The fourth-order valence-corrected chi connectivity index (χ4v) is 1.07. The molecule has 0 fully saturated rings. The van der Waals surface area contributed by atoms with E-state index in [2.05, 4.69) is 11.6 Å². The minimum absolute atomic E-state index is 0.194. The Kier molecular flexibility index (Phi) is 2.83. The highest BCUT2D eigenvalue weighted by atomic mass is 19.3. The van der Waals surface area contributed by atoms with E-state index in [4.69, 9.17) is 0 Å². The van der Waals surface area contributed by atoms with E-state index in [1.54, 1.807) is 0 Å². The SMILES string of the molecule is C=C(C)c1cc(F)c(C(C)(F)F)nc1F. The van der Waals surface area contributed by atoms with E-state index < -0.39 is 23.4 Å². The number of alkyl halides is 2. The fraction of sp³-hybridized carbons (Fsp3) is 0.300. The smallest absolute Gasteiger partial charge is 0.215 e. The van der Waals surface area contributed by atoms with Crippen molar-refractivity contribution in [2.24, 2.45) is 0 Å². The van der Waals surface area contributed by atoms with Crippen LogP contribution in [0, 0.1) is 11.8 Å². The standard InChI is InChI=1S/C10H9F4N/c1-5(2)6-4-7(11)8(10(3,13)14)15-9(6)12/h4H,1H2,2-3H3. The van der Waals surface area contributed by atoms with Crippen molar-refractivity contribution in [2.45, 2.75) is 19.8 Å². The van der Waals surface area contributed by atoms with Crippen molar-refractivity contribution < 1.29 is 17.6 Å². The van der Waals surface area contributed by atoms with Gasteiger partial charge in [-0.05, 0) is 18.6 Å². The van der Waals surface area contributed by atoms with Gasteiger partial charge in [0.15, 0.2) is 5.82 Å². The summed E-state index contributed by atoms with van der Waals surface area (Å²) < 4.78 is 51.7. The molecule has 82 valence electrons. The molecule has 5 heteroatoms.